The molecule has 0 aliphatic rings. The molecule has 19 heavy (non-hydrogen) atoms. The van der Waals surface area contributed by atoms with Gasteiger partial charge in [0, 0.05) is 37.3 Å². The van der Waals surface area contributed by atoms with E-state index < -0.39 is 0 Å². The third kappa shape index (κ3) is 4.23. The van der Waals surface area contributed by atoms with Gasteiger partial charge in [0.25, 0.3) is 5.91 Å². The number of carbonyl (C=O) groups is 1. The first-order chi connectivity index (χ1) is 8.75. The van der Waals surface area contributed by atoms with Gasteiger partial charge in [-0.25, -0.2) is 4.98 Å². The summed E-state index contributed by atoms with van der Waals surface area (Å²) in [6.07, 6.45) is 1.03. The molecular formula is C15H25N3O. The van der Waals surface area contributed by atoms with Gasteiger partial charge in [-0.3, -0.25) is 4.79 Å². The first-order valence-electron chi connectivity index (χ1n) is 6.73. The summed E-state index contributed by atoms with van der Waals surface area (Å²) in [5.74, 6) is 0.784. The highest BCUT2D eigenvalue weighted by Gasteiger charge is 2.19. The summed E-state index contributed by atoms with van der Waals surface area (Å²) in [6, 6.07) is 3.71. The van der Waals surface area contributed by atoms with E-state index >= 15 is 0 Å². The highest BCUT2D eigenvalue weighted by atomic mass is 16.2. The predicted molar refractivity (Wildman–Crippen MR) is 79.7 cm³/mol. The van der Waals surface area contributed by atoms with Gasteiger partial charge in [-0.1, -0.05) is 27.7 Å². The number of amides is 1. The molecule has 0 radical (unpaired) electrons. The Hall–Kier alpha value is -1.58. The lowest BCUT2D eigenvalue weighted by Gasteiger charge is -2.21. The smallest absolute Gasteiger partial charge is 0.253 e. The average Bonchev–Trinajstić information content (AvgIpc) is 2.33. The fourth-order valence-corrected chi connectivity index (χ4v) is 1.64. The third-order valence-electron chi connectivity index (χ3n) is 2.80. The number of rotatable bonds is 4. The number of anilines is 1. The van der Waals surface area contributed by atoms with Gasteiger partial charge >= 0.3 is 0 Å². The molecule has 106 valence electrons. The lowest BCUT2D eigenvalue weighted by molar-refractivity contribution is 0.0827. The Morgan fingerprint density at radius 2 is 1.95 bits per heavy atom. The molecule has 1 rings (SSSR count). The van der Waals surface area contributed by atoms with Crippen molar-refractivity contribution in [3.8, 4) is 0 Å². The number of pyridine rings is 1. The van der Waals surface area contributed by atoms with Crippen molar-refractivity contribution in [1.29, 1.82) is 0 Å². The minimum Gasteiger partial charge on any atom is -0.370 e. The van der Waals surface area contributed by atoms with Crippen LogP contribution in [0, 0.1) is 0 Å². The van der Waals surface area contributed by atoms with Crippen LogP contribution in [0.4, 0.5) is 5.82 Å². The van der Waals surface area contributed by atoms with Crippen LogP contribution in [-0.4, -0.2) is 36.4 Å². The van der Waals surface area contributed by atoms with Crippen LogP contribution < -0.4 is 5.32 Å². The van der Waals surface area contributed by atoms with E-state index in [0.717, 1.165) is 24.5 Å². The van der Waals surface area contributed by atoms with E-state index in [1.807, 2.05) is 12.1 Å². The molecular weight excluding hydrogens is 238 g/mol. The SMILES string of the molecule is CCCNc1cc(C(=O)N(C)C)cc(C(C)(C)C)n1. The van der Waals surface area contributed by atoms with Gasteiger partial charge in [0.1, 0.15) is 5.82 Å². The molecule has 0 saturated heterocycles. The maximum atomic E-state index is 12.1. The average molecular weight is 263 g/mol. The summed E-state index contributed by atoms with van der Waals surface area (Å²) >= 11 is 0. The zero-order valence-corrected chi connectivity index (χ0v) is 12.9. The molecule has 0 spiro atoms. The van der Waals surface area contributed by atoms with Crippen LogP contribution in [0.5, 0.6) is 0 Å². The number of nitrogens with zero attached hydrogens (tertiary/aromatic N) is 2. The van der Waals surface area contributed by atoms with E-state index in [1.165, 1.54) is 0 Å². The molecule has 0 fully saturated rings. The third-order valence-corrected chi connectivity index (χ3v) is 2.80. The summed E-state index contributed by atoms with van der Waals surface area (Å²) in [5, 5.41) is 3.26. The van der Waals surface area contributed by atoms with Gasteiger partial charge in [-0.2, -0.15) is 0 Å². The van der Waals surface area contributed by atoms with Crippen molar-refractivity contribution < 1.29 is 4.79 Å². The first kappa shape index (κ1) is 15.5. The topological polar surface area (TPSA) is 45.2 Å². The Labute approximate surface area is 116 Å². The van der Waals surface area contributed by atoms with Gasteiger partial charge in [-0.15, -0.1) is 0 Å². The van der Waals surface area contributed by atoms with E-state index in [4.69, 9.17) is 0 Å². The number of aromatic nitrogens is 1. The van der Waals surface area contributed by atoms with Crippen molar-refractivity contribution >= 4 is 11.7 Å². The molecule has 1 N–H and O–H groups in total. The Balaban J connectivity index is 3.20. The lowest BCUT2D eigenvalue weighted by atomic mass is 9.90. The summed E-state index contributed by atoms with van der Waals surface area (Å²) < 4.78 is 0. The number of hydrogen-bond acceptors (Lipinski definition) is 3. The molecule has 0 aliphatic heterocycles. The van der Waals surface area contributed by atoms with Crippen LogP contribution in [0.3, 0.4) is 0 Å². The van der Waals surface area contributed by atoms with Crippen molar-refractivity contribution in [2.45, 2.75) is 39.5 Å². The zero-order valence-electron chi connectivity index (χ0n) is 12.9. The summed E-state index contributed by atoms with van der Waals surface area (Å²) in [4.78, 5) is 18.3. The van der Waals surface area contributed by atoms with Gasteiger partial charge in [0.15, 0.2) is 0 Å². The summed E-state index contributed by atoms with van der Waals surface area (Å²) in [6.45, 7) is 9.26. The molecule has 4 nitrogen and oxygen atoms in total. The normalized spacial score (nSPS) is 11.3. The van der Waals surface area contributed by atoms with E-state index in [-0.39, 0.29) is 11.3 Å². The standard InChI is InChI=1S/C15H25N3O/c1-7-8-16-13-10-11(14(19)18(5)6)9-12(17-13)15(2,3)4/h9-10H,7-8H2,1-6H3,(H,16,17). The van der Waals surface area contributed by atoms with Crippen molar-refractivity contribution in [1.82, 2.24) is 9.88 Å². The zero-order chi connectivity index (χ0) is 14.6. The Kier molecular flexibility index (Phi) is 4.92. The Morgan fingerprint density at radius 1 is 1.32 bits per heavy atom. The number of nitrogens with one attached hydrogen (secondary N) is 1. The fourth-order valence-electron chi connectivity index (χ4n) is 1.64. The van der Waals surface area contributed by atoms with Crippen LogP contribution >= 0.6 is 0 Å². The van der Waals surface area contributed by atoms with Gasteiger partial charge in [0.05, 0.1) is 0 Å². The molecule has 1 aromatic heterocycles. The van der Waals surface area contributed by atoms with Crippen molar-refractivity contribution in [3.63, 3.8) is 0 Å². The fraction of sp³-hybridized carbons (Fsp3) is 0.600. The summed E-state index contributed by atoms with van der Waals surface area (Å²) in [5.41, 5.74) is 1.54. The van der Waals surface area contributed by atoms with E-state index in [2.05, 4.69) is 38.0 Å². The van der Waals surface area contributed by atoms with Crippen LogP contribution in [0.2, 0.25) is 0 Å². The van der Waals surface area contributed by atoms with Crippen LogP contribution in [-0.2, 0) is 5.41 Å². The molecule has 1 aromatic rings. The second-order valence-electron chi connectivity index (χ2n) is 6.00. The minimum absolute atomic E-state index is 0.00690. The first-order valence-corrected chi connectivity index (χ1v) is 6.73. The van der Waals surface area contributed by atoms with Gasteiger partial charge in [0.2, 0.25) is 0 Å². The number of hydrogen-bond donors (Lipinski definition) is 1. The van der Waals surface area contributed by atoms with Gasteiger partial charge in [-0.05, 0) is 18.6 Å². The van der Waals surface area contributed by atoms with Crippen LogP contribution in [0.25, 0.3) is 0 Å². The second-order valence-corrected chi connectivity index (χ2v) is 6.00. The van der Waals surface area contributed by atoms with Crippen molar-refractivity contribution in [2.75, 3.05) is 26.0 Å². The Morgan fingerprint density at radius 3 is 2.42 bits per heavy atom. The minimum atomic E-state index is -0.0781. The predicted octanol–water partition coefficient (Wildman–Crippen LogP) is 2.90. The molecule has 0 aliphatic carbocycles. The molecule has 0 atom stereocenters. The Bertz CT molecular complexity index is 447. The molecule has 0 aromatic carbocycles. The molecule has 1 amide bonds. The molecule has 0 unspecified atom stereocenters. The largest absolute Gasteiger partial charge is 0.370 e. The summed E-state index contributed by atoms with van der Waals surface area (Å²) in [7, 11) is 3.53. The van der Waals surface area contributed by atoms with Crippen LogP contribution in [0.1, 0.15) is 50.2 Å². The van der Waals surface area contributed by atoms with E-state index in [1.54, 1.807) is 19.0 Å². The van der Waals surface area contributed by atoms with Gasteiger partial charge < -0.3 is 10.2 Å². The molecule has 0 saturated carbocycles. The molecule has 4 heteroatoms. The quantitative estimate of drug-likeness (QED) is 0.908. The number of carbonyl (C=O) groups excluding carboxylic acids is 1. The highest BCUT2D eigenvalue weighted by Crippen LogP contribution is 2.23. The second kappa shape index (κ2) is 6.04. The van der Waals surface area contributed by atoms with Crippen molar-refractivity contribution in [3.05, 3.63) is 23.4 Å². The maximum Gasteiger partial charge on any atom is 0.253 e. The monoisotopic (exact) mass is 263 g/mol. The van der Waals surface area contributed by atoms with E-state index in [0.29, 0.717) is 5.56 Å². The highest BCUT2D eigenvalue weighted by molar-refractivity contribution is 5.94. The van der Waals surface area contributed by atoms with E-state index in [9.17, 15) is 4.79 Å². The molecule has 1 heterocycles. The van der Waals surface area contributed by atoms with Crippen LogP contribution in [0.15, 0.2) is 12.1 Å². The molecule has 0 bridgehead atoms. The van der Waals surface area contributed by atoms with Crippen molar-refractivity contribution in [2.24, 2.45) is 0 Å². The lowest BCUT2D eigenvalue weighted by Crippen LogP contribution is -2.24. The maximum absolute atomic E-state index is 12.1.